The topological polar surface area (TPSA) is 55.1 Å². The summed E-state index contributed by atoms with van der Waals surface area (Å²) in [5, 5.41) is 7.57. The van der Waals surface area contributed by atoms with Gasteiger partial charge in [-0.1, -0.05) is 12.1 Å². The molecule has 3 heterocycles. The first kappa shape index (κ1) is 14.8. The van der Waals surface area contributed by atoms with E-state index in [2.05, 4.69) is 36.3 Å². The fourth-order valence-electron chi connectivity index (χ4n) is 2.42. The van der Waals surface area contributed by atoms with Crippen LogP contribution in [0.5, 0.6) is 0 Å². The Morgan fingerprint density at radius 2 is 1.88 bits per heavy atom. The summed E-state index contributed by atoms with van der Waals surface area (Å²) in [4.78, 5) is 8.53. The van der Waals surface area contributed by atoms with E-state index in [9.17, 15) is 4.39 Å². The second-order valence-electron chi connectivity index (χ2n) is 5.10. The molecule has 0 unspecified atom stereocenters. The zero-order chi connectivity index (χ0) is 16.5. The minimum atomic E-state index is -0.320. The Morgan fingerprint density at radius 3 is 2.67 bits per heavy atom. The van der Waals surface area contributed by atoms with Gasteiger partial charge in [0.25, 0.3) is 0 Å². The number of rotatable bonds is 3. The molecule has 0 spiro atoms. The van der Waals surface area contributed by atoms with Crippen molar-refractivity contribution in [3.05, 3.63) is 71.3 Å². The van der Waals surface area contributed by atoms with Crippen molar-refractivity contribution in [2.45, 2.75) is 0 Å². The molecule has 5 nitrogen and oxygen atoms in total. The number of fused-ring (bicyclic) bond motifs is 1. The maximum Gasteiger partial charge on any atom is 0.172 e. The summed E-state index contributed by atoms with van der Waals surface area (Å²) < 4.78 is 16.6. The largest absolute Gasteiger partial charge is 0.340 e. The van der Waals surface area contributed by atoms with Crippen LogP contribution >= 0.6 is 15.9 Å². The summed E-state index contributed by atoms with van der Waals surface area (Å²) in [5.41, 5.74) is 2.42. The standard InChI is InChI=1S/C17H11BrFN5/c18-13-10-21-24-16(22-11-5-7-20-8-6-11)9-15(23-17(13)24)12-3-1-2-4-14(12)19/h1-10H,(H,20,22). The van der Waals surface area contributed by atoms with Crippen molar-refractivity contribution in [3.63, 3.8) is 0 Å². The van der Waals surface area contributed by atoms with Gasteiger partial charge in [-0.05, 0) is 40.2 Å². The van der Waals surface area contributed by atoms with Gasteiger partial charge in [0.05, 0.1) is 16.4 Å². The van der Waals surface area contributed by atoms with Crippen LogP contribution in [-0.2, 0) is 0 Å². The summed E-state index contributed by atoms with van der Waals surface area (Å²) in [7, 11) is 0. The van der Waals surface area contributed by atoms with Gasteiger partial charge in [0.15, 0.2) is 5.65 Å². The fraction of sp³-hybridized carbons (Fsp3) is 0. The van der Waals surface area contributed by atoms with Crippen LogP contribution in [0.4, 0.5) is 15.9 Å². The van der Waals surface area contributed by atoms with Crippen LogP contribution < -0.4 is 5.32 Å². The second kappa shape index (κ2) is 6.01. The first-order valence-electron chi connectivity index (χ1n) is 7.18. The van der Waals surface area contributed by atoms with Crippen molar-refractivity contribution >= 4 is 33.1 Å². The fourth-order valence-corrected chi connectivity index (χ4v) is 2.76. The van der Waals surface area contributed by atoms with Gasteiger partial charge in [0.2, 0.25) is 0 Å². The van der Waals surface area contributed by atoms with Gasteiger partial charge in [-0.2, -0.15) is 9.61 Å². The lowest BCUT2D eigenvalue weighted by Crippen LogP contribution is -2.03. The Morgan fingerprint density at radius 1 is 1.08 bits per heavy atom. The third-order valence-corrected chi connectivity index (χ3v) is 4.09. The molecule has 0 saturated heterocycles. The molecule has 7 heteroatoms. The van der Waals surface area contributed by atoms with E-state index in [0.717, 1.165) is 10.2 Å². The lowest BCUT2D eigenvalue weighted by atomic mass is 10.1. The van der Waals surface area contributed by atoms with Gasteiger partial charge in [0.1, 0.15) is 11.6 Å². The van der Waals surface area contributed by atoms with E-state index < -0.39 is 0 Å². The molecule has 0 fully saturated rings. The number of pyridine rings is 1. The van der Waals surface area contributed by atoms with Gasteiger partial charge in [0, 0.05) is 29.7 Å². The van der Waals surface area contributed by atoms with E-state index in [1.807, 2.05) is 12.1 Å². The first-order valence-corrected chi connectivity index (χ1v) is 7.98. The van der Waals surface area contributed by atoms with E-state index in [1.54, 1.807) is 47.4 Å². The van der Waals surface area contributed by atoms with Crippen LogP contribution in [0.1, 0.15) is 0 Å². The smallest absolute Gasteiger partial charge is 0.172 e. The zero-order valence-corrected chi connectivity index (χ0v) is 13.9. The van der Waals surface area contributed by atoms with E-state index in [0.29, 0.717) is 22.7 Å². The number of nitrogens with zero attached hydrogens (tertiary/aromatic N) is 4. The van der Waals surface area contributed by atoms with E-state index >= 15 is 0 Å². The molecule has 4 aromatic rings. The number of hydrogen-bond donors (Lipinski definition) is 1. The molecule has 0 saturated carbocycles. The normalized spacial score (nSPS) is 10.9. The Balaban J connectivity index is 1.90. The van der Waals surface area contributed by atoms with Crippen LogP contribution in [0.2, 0.25) is 0 Å². The molecule has 0 radical (unpaired) electrons. The number of benzene rings is 1. The summed E-state index contributed by atoms with van der Waals surface area (Å²) >= 11 is 3.43. The van der Waals surface area contributed by atoms with Crippen molar-refractivity contribution < 1.29 is 4.39 Å². The SMILES string of the molecule is Fc1ccccc1-c1cc(Nc2ccncc2)n2ncc(Br)c2n1. The van der Waals surface area contributed by atoms with Crippen molar-refractivity contribution in [2.75, 3.05) is 5.32 Å². The van der Waals surface area contributed by atoms with Crippen LogP contribution in [0.25, 0.3) is 16.9 Å². The quantitative estimate of drug-likeness (QED) is 0.568. The molecule has 3 aromatic heterocycles. The van der Waals surface area contributed by atoms with Crippen molar-refractivity contribution in [3.8, 4) is 11.3 Å². The molecule has 0 aliphatic carbocycles. The Hall–Kier alpha value is -2.80. The highest BCUT2D eigenvalue weighted by atomic mass is 79.9. The molecule has 118 valence electrons. The van der Waals surface area contributed by atoms with Crippen LogP contribution in [0.3, 0.4) is 0 Å². The molecule has 0 aliphatic rings. The number of halogens is 2. The number of nitrogens with one attached hydrogen (secondary N) is 1. The molecule has 0 aliphatic heterocycles. The number of aromatic nitrogens is 4. The predicted molar refractivity (Wildman–Crippen MR) is 93.6 cm³/mol. The lowest BCUT2D eigenvalue weighted by Gasteiger charge is -2.11. The van der Waals surface area contributed by atoms with Gasteiger partial charge >= 0.3 is 0 Å². The molecular weight excluding hydrogens is 373 g/mol. The molecule has 0 amide bonds. The lowest BCUT2D eigenvalue weighted by molar-refractivity contribution is 0.630. The number of anilines is 2. The van der Waals surface area contributed by atoms with Gasteiger partial charge < -0.3 is 5.32 Å². The zero-order valence-electron chi connectivity index (χ0n) is 12.3. The van der Waals surface area contributed by atoms with Crippen molar-refractivity contribution in [1.82, 2.24) is 19.6 Å². The molecule has 4 rings (SSSR count). The number of hydrogen-bond acceptors (Lipinski definition) is 4. The van der Waals surface area contributed by atoms with E-state index in [1.165, 1.54) is 6.07 Å². The second-order valence-corrected chi connectivity index (χ2v) is 5.95. The molecule has 1 N–H and O–H groups in total. The Kier molecular flexibility index (Phi) is 3.70. The Labute approximate surface area is 145 Å². The first-order chi connectivity index (χ1) is 11.7. The van der Waals surface area contributed by atoms with Crippen LogP contribution in [0, 0.1) is 5.82 Å². The Bertz CT molecular complexity index is 1020. The van der Waals surface area contributed by atoms with Crippen LogP contribution in [0.15, 0.2) is 65.5 Å². The maximum absolute atomic E-state index is 14.2. The maximum atomic E-state index is 14.2. The van der Waals surface area contributed by atoms with Crippen LogP contribution in [-0.4, -0.2) is 19.6 Å². The highest BCUT2D eigenvalue weighted by molar-refractivity contribution is 9.10. The molecule has 0 bridgehead atoms. The average Bonchev–Trinajstić information content (AvgIpc) is 2.98. The van der Waals surface area contributed by atoms with E-state index in [-0.39, 0.29) is 5.82 Å². The molecule has 0 atom stereocenters. The van der Waals surface area contributed by atoms with Crippen molar-refractivity contribution in [1.29, 1.82) is 0 Å². The summed E-state index contributed by atoms with van der Waals surface area (Å²) in [5.74, 6) is 0.356. The molecule has 24 heavy (non-hydrogen) atoms. The highest BCUT2D eigenvalue weighted by Crippen LogP contribution is 2.28. The average molecular weight is 384 g/mol. The van der Waals surface area contributed by atoms with Gasteiger partial charge in [-0.15, -0.1) is 0 Å². The third kappa shape index (κ3) is 2.63. The minimum Gasteiger partial charge on any atom is -0.340 e. The van der Waals surface area contributed by atoms with Gasteiger partial charge in [-0.25, -0.2) is 9.37 Å². The van der Waals surface area contributed by atoms with E-state index in [4.69, 9.17) is 0 Å². The summed E-state index contributed by atoms with van der Waals surface area (Å²) in [6, 6.07) is 12.0. The third-order valence-electron chi connectivity index (χ3n) is 3.53. The highest BCUT2D eigenvalue weighted by Gasteiger charge is 2.13. The van der Waals surface area contributed by atoms with Crippen molar-refractivity contribution in [2.24, 2.45) is 0 Å². The summed E-state index contributed by atoms with van der Waals surface area (Å²) in [6.07, 6.45) is 5.04. The molecule has 1 aromatic carbocycles. The monoisotopic (exact) mass is 383 g/mol. The van der Waals surface area contributed by atoms with Gasteiger partial charge in [-0.3, -0.25) is 4.98 Å². The molecular formula is C17H11BrFN5. The minimum absolute atomic E-state index is 0.320. The predicted octanol–water partition coefficient (Wildman–Crippen LogP) is 4.44. The summed E-state index contributed by atoms with van der Waals surface area (Å²) in [6.45, 7) is 0.